The van der Waals surface area contributed by atoms with E-state index in [1.54, 1.807) is 30.3 Å². The van der Waals surface area contributed by atoms with Gasteiger partial charge in [-0.2, -0.15) is 5.26 Å². The molecule has 0 heterocycles. The Bertz CT molecular complexity index is 1370. The van der Waals surface area contributed by atoms with Gasteiger partial charge in [0.2, 0.25) is 0 Å². The fourth-order valence-corrected chi connectivity index (χ4v) is 4.34. The van der Waals surface area contributed by atoms with Crippen molar-refractivity contribution in [1.82, 2.24) is 0 Å². The topological polar surface area (TPSA) is 23.8 Å². The van der Waals surface area contributed by atoms with Crippen LogP contribution in [-0.2, 0) is 32.1 Å². The molecule has 0 atom stereocenters. The molecule has 34 heavy (non-hydrogen) atoms. The smallest absolute Gasteiger partial charge is 0.141 e. The van der Waals surface area contributed by atoms with E-state index in [1.807, 2.05) is 30.3 Å². The lowest BCUT2D eigenvalue weighted by Crippen LogP contribution is -1.99. The highest BCUT2D eigenvalue weighted by Crippen LogP contribution is 2.25. The van der Waals surface area contributed by atoms with Crippen LogP contribution in [0.3, 0.4) is 0 Å². The summed E-state index contributed by atoms with van der Waals surface area (Å²) < 4.78 is 43.4. The van der Waals surface area contributed by atoms with Gasteiger partial charge in [-0.3, -0.25) is 0 Å². The lowest BCUT2D eigenvalue weighted by molar-refractivity contribution is 0.606. The molecule has 4 aromatic carbocycles. The standard InChI is InChI=1S/C30H26F3N/c1-2-3-20-4-9-23(28(31)17-20)10-5-21-8-15-27-25(16-21)14-13-24(30(27)33)11-6-22-7-12-26(19-34)29(32)18-22/h4,7-9,12-18H,2-3,5-6,10-11H2,1H3. The minimum Gasteiger partial charge on any atom is -0.207 e. The summed E-state index contributed by atoms with van der Waals surface area (Å²) in [5, 5.41) is 10.2. The first-order chi connectivity index (χ1) is 16.5. The molecule has 0 spiro atoms. The van der Waals surface area contributed by atoms with Gasteiger partial charge in [-0.05, 0) is 83.5 Å². The van der Waals surface area contributed by atoms with Gasteiger partial charge < -0.3 is 0 Å². The number of aryl methyl sites for hydroxylation is 5. The molecule has 4 aromatic rings. The van der Waals surface area contributed by atoms with Crippen molar-refractivity contribution in [3.8, 4) is 6.07 Å². The van der Waals surface area contributed by atoms with Gasteiger partial charge in [-0.1, -0.05) is 61.9 Å². The lowest BCUT2D eigenvalue weighted by Gasteiger charge is -2.10. The summed E-state index contributed by atoms with van der Waals surface area (Å²) in [6.45, 7) is 2.08. The number of benzene rings is 4. The van der Waals surface area contributed by atoms with Crippen molar-refractivity contribution in [3.63, 3.8) is 0 Å². The van der Waals surface area contributed by atoms with Crippen molar-refractivity contribution in [2.24, 2.45) is 0 Å². The Morgan fingerprint density at radius 3 is 1.97 bits per heavy atom. The monoisotopic (exact) mass is 457 g/mol. The van der Waals surface area contributed by atoms with Gasteiger partial charge >= 0.3 is 0 Å². The summed E-state index contributed by atoms with van der Waals surface area (Å²) >= 11 is 0. The molecule has 0 saturated heterocycles. The minimum atomic E-state index is -0.553. The third kappa shape index (κ3) is 5.31. The van der Waals surface area contributed by atoms with Crippen LogP contribution in [0.25, 0.3) is 10.8 Å². The Morgan fingerprint density at radius 1 is 0.647 bits per heavy atom. The van der Waals surface area contributed by atoms with Crippen LogP contribution in [0.2, 0.25) is 0 Å². The Kier molecular flexibility index (Phi) is 7.33. The highest BCUT2D eigenvalue weighted by Gasteiger charge is 2.10. The van der Waals surface area contributed by atoms with Crippen LogP contribution in [0, 0.1) is 28.8 Å². The van der Waals surface area contributed by atoms with Gasteiger partial charge in [0, 0.05) is 5.39 Å². The fourth-order valence-electron chi connectivity index (χ4n) is 4.34. The zero-order chi connectivity index (χ0) is 24.1. The van der Waals surface area contributed by atoms with Gasteiger partial charge in [0.05, 0.1) is 5.56 Å². The van der Waals surface area contributed by atoms with Gasteiger partial charge in [-0.15, -0.1) is 0 Å². The molecule has 0 amide bonds. The van der Waals surface area contributed by atoms with Crippen molar-refractivity contribution in [1.29, 1.82) is 5.26 Å². The van der Waals surface area contributed by atoms with E-state index in [4.69, 9.17) is 5.26 Å². The Labute approximate surface area is 198 Å². The predicted molar refractivity (Wildman–Crippen MR) is 130 cm³/mol. The molecule has 172 valence electrons. The number of nitrogens with zero attached hydrogens (tertiary/aromatic N) is 1. The second kappa shape index (κ2) is 10.6. The first-order valence-electron chi connectivity index (χ1n) is 11.6. The molecule has 0 radical (unpaired) electrons. The van der Waals surface area contributed by atoms with Gasteiger partial charge in [0.25, 0.3) is 0 Å². The van der Waals surface area contributed by atoms with E-state index in [0.29, 0.717) is 42.2 Å². The predicted octanol–water partition coefficient (Wildman–Crippen LogP) is 7.65. The van der Waals surface area contributed by atoms with Gasteiger partial charge in [0.1, 0.15) is 23.5 Å². The summed E-state index contributed by atoms with van der Waals surface area (Å²) in [5.74, 6) is -0.983. The molecule has 0 N–H and O–H groups in total. The lowest BCUT2D eigenvalue weighted by atomic mass is 9.96. The molecule has 0 unspecified atom stereocenters. The average molecular weight is 458 g/mol. The number of rotatable bonds is 8. The Balaban J connectivity index is 1.45. The molecule has 0 fully saturated rings. The second-order valence-electron chi connectivity index (χ2n) is 8.70. The van der Waals surface area contributed by atoms with Crippen molar-refractivity contribution in [3.05, 3.63) is 118 Å². The highest BCUT2D eigenvalue weighted by atomic mass is 19.1. The highest BCUT2D eigenvalue weighted by molar-refractivity contribution is 5.84. The maximum absolute atomic E-state index is 15.1. The molecule has 0 aliphatic heterocycles. The van der Waals surface area contributed by atoms with E-state index in [-0.39, 0.29) is 17.2 Å². The van der Waals surface area contributed by atoms with E-state index in [9.17, 15) is 8.78 Å². The molecule has 0 aliphatic rings. The summed E-state index contributed by atoms with van der Waals surface area (Å²) in [6.07, 6.45) is 4.04. The van der Waals surface area contributed by atoms with Crippen molar-refractivity contribution >= 4 is 10.8 Å². The van der Waals surface area contributed by atoms with E-state index < -0.39 is 5.82 Å². The number of nitriles is 1. The first kappa shape index (κ1) is 23.6. The van der Waals surface area contributed by atoms with Crippen LogP contribution < -0.4 is 0 Å². The molecular weight excluding hydrogens is 431 g/mol. The molecule has 0 aliphatic carbocycles. The van der Waals surface area contributed by atoms with Crippen molar-refractivity contribution in [2.45, 2.75) is 45.4 Å². The third-order valence-electron chi connectivity index (χ3n) is 6.27. The zero-order valence-corrected chi connectivity index (χ0v) is 19.2. The van der Waals surface area contributed by atoms with E-state index in [0.717, 1.165) is 34.9 Å². The quantitative estimate of drug-likeness (QED) is 0.267. The second-order valence-corrected chi connectivity index (χ2v) is 8.70. The molecule has 4 rings (SSSR count). The van der Waals surface area contributed by atoms with Crippen molar-refractivity contribution < 1.29 is 13.2 Å². The zero-order valence-electron chi connectivity index (χ0n) is 19.2. The van der Waals surface area contributed by atoms with Crippen LogP contribution in [0.15, 0.2) is 66.7 Å². The van der Waals surface area contributed by atoms with Crippen molar-refractivity contribution in [2.75, 3.05) is 0 Å². The molecule has 0 saturated carbocycles. The SMILES string of the molecule is CCCc1ccc(CCc2ccc3c(F)c(CCc4ccc(C#N)c(F)c4)ccc3c2)c(F)c1. The Hall–Kier alpha value is -3.58. The summed E-state index contributed by atoms with van der Waals surface area (Å²) in [5.41, 5.74) is 4.05. The van der Waals surface area contributed by atoms with Crippen LogP contribution in [0.1, 0.15) is 46.7 Å². The summed E-state index contributed by atoms with van der Waals surface area (Å²) in [7, 11) is 0. The van der Waals surface area contributed by atoms with Crippen LogP contribution >= 0.6 is 0 Å². The first-order valence-corrected chi connectivity index (χ1v) is 11.6. The van der Waals surface area contributed by atoms with E-state index >= 15 is 4.39 Å². The van der Waals surface area contributed by atoms with Gasteiger partial charge in [-0.25, -0.2) is 13.2 Å². The number of fused-ring (bicyclic) bond motifs is 1. The minimum absolute atomic E-state index is 0.00712. The number of hydrogen-bond acceptors (Lipinski definition) is 1. The molecular formula is C30H26F3N. The van der Waals surface area contributed by atoms with Crippen LogP contribution in [-0.4, -0.2) is 0 Å². The Morgan fingerprint density at radius 2 is 1.26 bits per heavy atom. The molecule has 1 nitrogen and oxygen atoms in total. The maximum Gasteiger partial charge on any atom is 0.141 e. The normalized spacial score (nSPS) is 11.0. The summed E-state index contributed by atoms with van der Waals surface area (Å²) in [4.78, 5) is 0. The number of hydrogen-bond donors (Lipinski definition) is 0. The molecule has 4 heteroatoms. The van der Waals surface area contributed by atoms with Gasteiger partial charge in [0.15, 0.2) is 0 Å². The fraction of sp³-hybridized carbons (Fsp3) is 0.233. The van der Waals surface area contributed by atoms with Crippen LogP contribution in [0.4, 0.5) is 13.2 Å². The van der Waals surface area contributed by atoms with E-state index in [1.165, 1.54) is 12.1 Å². The average Bonchev–Trinajstić information content (AvgIpc) is 2.83. The molecule has 0 bridgehead atoms. The largest absolute Gasteiger partial charge is 0.207 e. The number of halogens is 3. The van der Waals surface area contributed by atoms with E-state index in [2.05, 4.69) is 6.92 Å². The molecule has 0 aromatic heterocycles. The maximum atomic E-state index is 15.1. The third-order valence-corrected chi connectivity index (χ3v) is 6.27. The summed E-state index contributed by atoms with van der Waals surface area (Å²) in [6, 6.07) is 21.1. The van der Waals surface area contributed by atoms with Crippen LogP contribution in [0.5, 0.6) is 0 Å².